The first kappa shape index (κ1) is 12.3. The van der Waals surface area contributed by atoms with Crippen molar-refractivity contribution in [3.8, 4) is 5.69 Å². The molecule has 17 heavy (non-hydrogen) atoms. The Bertz CT molecular complexity index is 586. The lowest BCUT2D eigenvalue weighted by Crippen LogP contribution is -2.02. The fourth-order valence-electron chi connectivity index (χ4n) is 1.77. The molecule has 0 aliphatic rings. The third-order valence-electron chi connectivity index (χ3n) is 2.63. The maximum absolute atomic E-state index is 6.32. The molecule has 0 amide bonds. The summed E-state index contributed by atoms with van der Waals surface area (Å²) in [6, 6.07) is 5.91. The summed E-state index contributed by atoms with van der Waals surface area (Å²) in [4.78, 5) is 0. The van der Waals surface area contributed by atoms with Gasteiger partial charge in [-0.1, -0.05) is 30.7 Å². The molecule has 0 saturated heterocycles. The van der Waals surface area contributed by atoms with Crippen LogP contribution in [-0.4, -0.2) is 14.8 Å². The van der Waals surface area contributed by atoms with Gasteiger partial charge in [0.25, 0.3) is 0 Å². The fourth-order valence-corrected chi connectivity index (χ4v) is 2.23. The van der Waals surface area contributed by atoms with Gasteiger partial charge < -0.3 is 0 Å². The second kappa shape index (κ2) is 5.02. The molecule has 2 aromatic rings. The number of H-pyrrole nitrogens is 1. The molecule has 1 N–H and O–H groups in total. The van der Waals surface area contributed by atoms with Crippen LogP contribution >= 0.6 is 23.8 Å². The Balaban J connectivity index is 2.63. The number of halogens is 1. The molecule has 0 saturated carbocycles. The highest BCUT2D eigenvalue weighted by molar-refractivity contribution is 7.71. The minimum absolute atomic E-state index is 0.584. The summed E-state index contributed by atoms with van der Waals surface area (Å²) in [6.45, 7) is 4.09. The number of nitrogens with one attached hydrogen (secondary N) is 1. The second-order valence-electron chi connectivity index (χ2n) is 3.94. The third kappa shape index (κ3) is 2.28. The third-order valence-corrected chi connectivity index (χ3v) is 3.39. The van der Waals surface area contributed by atoms with E-state index in [1.54, 1.807) is 0 Å². The molecule has 0 aliphatic carbocycles. The second-order valence-corrected chi connectivity index (χ2v) is 4.70. The zero-order chi connectivity index (χ0) is 12.4. The summed E-state index contributed by atoms with van der Waals surface area (Å²) in [5, 5.41) is 7.79. The highest BCUT2D eigenvalue weighted by Gasteiger charge is 2.11. The minimum Gasteiger partial charge on any atom is -0.271 e. The smallest absolute Gasteiger partial charge is 0.199 e. The van der Waals surface area contributed by atoms with Crippen LogP contribution in [0.15, 0.2) is 18.2 Å². The zero-order valence-electron chi connectivity index (χ0n) is 9.83. The molecule has 0 unspecified atom stereocenters. The topological polar surface area (TPSA) is 33.6 Å². The van der Waals surface area contributed by atoms with E-state index in [2.05, 4.69) is 17.1 Å². The SMILES string of the molecule is CCCc1n[nH]c(=S)n1-c1cccc(C)c1Cl. The van der Waals surface area contributed by atoms with Gasteiger partial charge in [0.1, 0.15) is 5.82 Å². The van der Waals surface area contributed by atoms with Gasteiger partial charge in [-0.25, -0.2) is 0 Å². The van der Waals surface area contributed by atoms with E-state index < -0.39 is 0 Å². The van der Waals surface area contributed by atoms with Crippen LogP contribution in [0.5, 0.6) is 0 Å². The Hall–Kier alpha value is -1.13. The van der Waals surface area contributed by atoms with Crippen molar-refractivity contribution in [3.05, 3.63) is 39.4 Å². The van der Waals surface area contributed by atoms with Crippen LogP contribution in [0.3, 0.4) is 0 Å². The van der Waals surface area contributed by atoms with Crippen molar-refractivity contribution in [1.29, 1.82) is 0 Å². The lowest BCUT2D eigenvalue weighted by molar-refractivity contribution is 0.801. The van der Waals surface area contributed by atoms with E-state index in [0.717, 1.165) is 34.9 Å². The number of aryl methyl sites for hydroxylation is 2. The van der Waals surface area contributed by atoms with Crippen molar-refractivity contribution in [3.63, 3.8) is 0 Å². The number of hydrogen-bond acceptors (Lipinski definition) is 2. The van der Waals surface area contributed by atoms with E-state index in [4.69, 9.17) is 23.8 Å². The average molecular weight is 268 g/mol. The quantitative estimate of drug-likeness (QED) is 0.857. The number of hydrogen-bond donors (Lipinski definition) is 1. The molecular weight excluding hydrogens is 254 g/mol. The van der Waals surface area contributed by atoms with Crippen molar-refractivity contribution in [1.82, 2.24) is 14.8 Å². The monoisotopic (exact) mass is 267 g/mol. The number of rotatable bonds is 3. The van der Waals surface area contributed by atoms with Crippen molar-refractivity contribution in [2.45, 2.75) is 26.7 Å². The fraction of sp³-hybridized carbons (Fsp3) is 0.333. The highest BCUT2D eigenvalue weighted by atomic mass is 35.5. The lowest BCUT2D eigenvalue weighted by atomic mass is 10.2. The maximum atomic E-state index is 6.32. The molecule has 0 aliphatic heterocycles. The predicted octanol–water partition coefficient (Wildman–Crippen LogP) is 3.84. The van der Waals surface area contributed by atoms with Gasteiger partial charge in [0, 0.05) is 6.42 Å². The summed E-state index contributed by atoms with van der Waals surface area (Å²) in [5.74, 6) is 0.921. The van der Waals surface area contributed by atoms with Crippen LogP contribution in [0.4, 0.5) is 0 Å². The zero-order valence-corrected chi connectivity index (χ0v) is 11.4. The van der Waals surface area contributed by atoms with E-state index in [1.807, 2.05) is 29.7 Å². The standard InChI is InChI=1S/C12H14ClN3S/c1-3-5-10-14-15-12(17)16(10)9-7-4-6-8(2)11(9)13/h4,6-7H,3,5H2,1-2H3,(H,15,17). The van der Waals surface area contributed by atoms with Crippen LogP contribution in [0, 0.1) is 11.7 Å². The summed E-state index contributed by atoms with van der Waals surface area (Å²) in [6.07, 6.45) is 1.89. The molecule has 2 rings (SSSR count). The van der Waals surface area contributed by atoms with Gasteiger partial charge in [0.15, 0.2) is 4.77 Å². The van der Waals surface area contributed by atoms with Gasteiger partial charge in [0.05, 0.1) is 10.7 Å². The Morgan fingerprint density at radius 1 is 1.47 bits per heavy atom. The number of benzene rings is 1. The highest BCUT2D eigenvalue weighted by Crippen LogP contribution is 2.25. The van der Waals surface area contributed by atoms with Gasteiger partial charge in [-0.15, -0.1) is 0 Å². The van der Waals surface area contributed by atoms with Gasteiger partial charge >= 0.3 is 0 Å². The Kier molecular flexibility index (Phi) is 3.64. The minimum atomic E-state index is 0.584. The first-order chi connectivity index (χ1) is 8.15. The van der Waals surface area contributed by atoms with Crippen LogP contribution in [0.25, 0.3) is 5.69 Å². The first-order valence-electron chi connectivity index (χ1n) is 5.57. The van der Waals surface area contributed by atoms with Crippen molar-refractivity contribution in [2.24, 2.45) is 0 Å². The maximum Gasteiger partial charge on any atom is 0.199 e. The van der Waals surface area contributed by atoms with Crippen molar-refractivity contribution < 1.29 is 0 Å². The molecule has 1 aromatic carbocycles. The van der Waals surface area contributed by atoms with E-state index in [1.165, 1.54) is 0 Å². The lowest BCUT2D eigenvalue weighted by Gasteiger charge is -2.09. The molecule has 90 valence electrons. The van der Waals surface area contributed by atoms with Crippen LogP contribution in [0.1, 0.15) is 24.7 Å². The average Bonchev–Trinajstić information content (AvgIpc) is 2.65. The number of aromatic nitrogens is 3. The predicted molar refractivity (Wildman–Crippen MR) is 72.5 cm³/mol. The molecule has 1 heterocycles. The summed E-state index contributed by atoms with van der Waals surface area (Å²) < 4.78 is 2.50. The Morgan fingerprint density at radius 2 is 2.24 bits per heavy atom. The molecule has 0 spiro atoms. The molecule has 0 bridgehead atoms. The van der Waals surface area contributed by atoms with E-state index in [-0.39, 0.29) is 0 Å². The van der Waals surface area contributed by atoms with E-state index in [0.29, 0.717) is 4.77 Å². The van der Waals surface area contributed by atoms with Crippen LogP contribution in [-0.2, 0) is 6.42 Å². The van der Waals surface area contributed by atoms with Crippen LogP contribution in [0.2, 0.25) is 5.02 Å². The number of nitrogens with zero attached hydrogens (tertiary/aromatic N) is 2. The normalized spacial score (nSPS) is 10.8. The van der Waals surface area contributed by atoms with E-state index >= 15 is 0 Å². The summed E-state index contributed by atoms with van der Waals surface area (Å²) in [7, 11) is 0. The van der Waals surface area contributed by atoms with Gasteiger partial charge in [-0.2, -0.15) is 5.10 Å². The Labute approximate surface area is 110 Å². The van der Waals surface area contributed by atoms with Gasteiger partial charge in [-0.3, -0.25) is 9.67 Å². The molecule has 3 nitrogen and oxygen atoms in total. The van der Waals surface area contributed by atoms with Crippen molar-refractivity contribution >= 4 is 23.8 Å². The molecule has 1 aromatic heterocycles. The van der Waals surface area contributed by atoms with Gasteiger partial charge in [-0.05, 0) is 37.2 Å². The molecule has 0 radical (unpaired) electrons. The molecule has 0 fully saturated rings. The first-order valence-corrected chi connectivity index (χ1v) is 6.35. The Morgan fingerprint density at radius 3 is 2.94 bits per heavy atom. The molecule has 0 atom stereocenters. The summed E-state index contributed by atoms with van der Waals surface area (Å²) in [5.41, 5.74) is 1.93. The van der Waals surface area contributed by atoms with Gasteiger partial charge in [0.2, 0.25) is 0 Å². The summed E-state index contributed by atoms with van der Waals surface area (Å²) >= 11 is 11.6. The largest absolute Gasteiger partial charge is 0.271 e. The van der Waals surface area contributed by atoms with Crippen LogP contribution < -0.4 is 0 Å². The molecule has 5 heteroatoms. The number of aromatic amines is 1. The molecular formula is C12H14ClN3S. The van der Waals surface area contributed by atoms with E-state index in [9.17, 15) is 0 Å². The van der Waals surface area contributed by atoms with Crippen molar-refractivity contribution in [2.75, 3.05) is 0 Å².